The molecule has 7 heteroatoms. The van der Waals surface area contributed by atoms with Crippen LogP contribution in [0.15, 0.2) is 48.5 Å². The van der Waals surface area contributed by atoms with Crippen LogP contribution in [-0.4, -0.2) is 59.0 Å². The summed E-state index contributed by atoms with van der Waals surface area (Å²) in [7, 11) is 5.85. The summed E-state index contributed by atoms with van der Waals surface area (Å²) in [5, 5.41) is 19.4. The fourth-order valence-electron chi connectivity index (χ4n) is 3.87. The van der Waals surface area contributed by atoms with E-state index in [-0.39, 0.29) is 5.41 Å². The Morgan fingerprint density at radius 2 is 1.70 bits per heavy atom. The van der Waals surface area contributed by atoms with Crippen molar-refractivity contribution in [1.29, 1.82) is 0 Å². The molecule has 0 bridgehead atoms. The lowest BCUT2D eigenvalue weighted by atomic mass is 9.93. The number of methoxy groups -OCH3 is 1. The van der Waals surface area contributed by atoms with Gasteiger partial charge in [-0.1, -0.05) is 38.1 Å². The summed E-state index contributed by atoms with van der Waals surface area (Å²) in [6.45, 7) is 6.28. The predicted molar refractivity (Wildman–Crippen MR) is 121 cm³/mol. The van der Waals surface area contributed by atoms with Gasteiger partial charge >= 0.3 is 0 Å². The molecule has 0 fully saturated rings. The van der Waals surface area contributed by atoms with Crippen molar-refractivity contribution in [2.75, 3.05) is 39.6 Å². The van der Waals surface area contributed by atoms with Gasteiger partial charge in [0.2, 0.25) is 0 Å². The molecule has 0 saturated heterocycles. The maximum Gasteiger partial charge on any atom is 0.186 e. The van der Waals surface area contributed by atoms with Crippen LogP contribution in [0.25, 0.3) is 27.8 Å². The Labute approximate surface area is 176 Å². The van der Waals surface area contributed by atoms with E-state index in [4.69, 9.17) is 9.84 Å². The van der Waals surface area contributed by atoms with E-state index in [1.54, 1.807) is 7.11 Å². The highest BCUT2D eigenvalue weighted by atomic mass is 16.5. The van der Waals surface area contributed by atoms with E-state index in [9.17, 15) is 0 Å². The van der Waals surface area contributed by atoms with Gasteiger partial charge in [-0.05, 0) is 43.8 Å². The lowest BCUT2D eigenvalue weighted by molar-refractivity contribution is 0.254. The number of hydrogen-bond donors (Lipinski definition) is 1. The van der Waals surface area contributed by atoms with Crippen LogP contribution in [0.3, 0.4) is 0 Å². The van der Waals surface area contributed by atoms with Crippen LogP contribution in [0, 0.1) is 5.41 Å². The Morgan fingerprint density at radius 1 is 1.00 bits per heavy atom. The van der Waals surface area contributed by atoms with E-state index in [1.807, 2.05) is 40.9 Å². The molecule has 0 amide bonds. The van der Waals surface area contributed by atoms with Crippen molar-refractivity contribution >= 4 is 22.2 Å². The zero-order valence-corrected chi connectivity index (χ0v) is 18.2. The van der Waals surface area contributed by atoms with Gasteiger partial charge in [0, 0.05) is 29.4 Å². The van der Waals surface area contributed by atoms with Crippen molar-refractivity contribution < 1.29 is 4.74 Å². The van der Waals surface area contributed by atoms with Crippen LogP contribution in [0.1, 0.15) is 13.8 Å². The van der Waals surface area contributed by atoms with Crippen LogP contribution in [0.2, 0.25) is 0 Å². The maximum atomic E-state index is 5.27. The lowest BCUT2D eigenvalue weighted by Crippen LogP contribution is -2.34. The zero-order valence-electron chi connectivity index (χ0n) is 18.2. The quantitative estimate of drug-likeness (QED) is 0.503. The number of rotatable bonds is 7. The fourth-order valence-corrected chi connectivity index (χ4v) is 3.87. The molecule has 0 radical (unpaired) electrons. The van der Waals surface area contributed by atoms with Crippen LogP contribution >= 0.6 is 0 Å². The molecule has 4 aromatic rings. The molecular weight excluding hydrogens is 376 g/mol. The third-order valence-corrected chi connectivity index (χ3v) is 5.09. The topological polar surface area (TPSA) is 67.6 Å². The second-order valence-corrected chi connectivity index (χ2v) is 8.64. The summed E-state index contributed by atoms with van der Waals surface area (Å²) in [5.41, 5.74) is 1.77. The molecule has 2 heterocycles. The van der Waals surface area contributed by atoms with Crippen molar-refractivity contribution in [2.24, 2.45) is 5.41 Å². The molecule has 0 atom stereocenters. The van der Waals surface area contributed by atoms with E-state index in [0.717, 1.165) is 46.6 Å². The van der Waals surface area contributed by atoms with Gasteiger partial charge in [0.15, 0.2) is 17.3 Å². The summed E-state index contributed by atoms with van der Waals surface area (Å²) < 4.78 is 7.09. The lowest BCUT2D eigenvalue weighted by Gasteiger charge is -2.28. The third kappa shape index (κ3) is 3.93. The number of nitrogens with zero attached hydrogens (tertiary/aromatic N) is 5. The molecule has 4 rings (SSSR count). The van der Waals surface area contributed by atoms with E-state index in [0.29, 0.717) is 5.82 Å². The smallest absolute Gasteiger partial charge is 0.186 e. The number of anilines is 1. The number of ether oxygens (including phenoxy) is 1. The molecule has 1 N–H and O–H groups in total. The van der Waals surface area contributed by atoms with E-state index in [1.165, 1.54) is 0 Å². The first kappa shape index (κ1) is 20.1. The average molecular weight is 405 g/mol. The number of hydrogen-bond acceptors (Lipinski definition) is 6. The highest BCUT2D eigenvalue weighted by Crippen LogP contribution is 2.29. The molecule has 7 nitrogen and oxygen atoms in total. The number of nitrogens with one attached hydrogen (secondary N) is 1. The molecule has 0 spiro atoms. The number of benzene rings is 2. The van der Waals surface area contributed by atoms with Gasteiger partial charge in [-0.2, -0.15) is 4.52 Å². The third-order valence-electron chi connectivity index (χ3n) is 5.09. The summed E-state index contributed by atoms with van der Waals surface area (Å²) in [6.07, 6.45) is 0. The van der Waals surface area contributed by atoms with Gasteiger partial charge in [0.05, 0.1) is 7.11 Å². The fraction of sp³-hybridized carbons (Fsp3) is 0.348. The van der Waals surface area contributed by atoms with Crippen molar-refractivity contribution in [2.45, 2.75) is 13.8 Å². The second kappa shape index (κ2) is 7.91. The van der Waals surface area contributed by atoms with Crippen LogP contribution in [-0.2, 0) is 0 Å². The van der Waals surface area contributed by atoms with E-state index < -0.39 is 0 Å². The molecule has 0 aliphatic heterocycles. The summed E-state index contributed by atoms with van der Waals surface area (Å²) >= 11 is 0. The van der Waals surface area contributed by atoms with Gasteiger partial charge < -0.3 is 15.0 Å². The highest BCUT2D eigenvalue weighted by molar-refractivity contribution is 6.00. The Hall–Kier alpha value is -3.19. The van der Waals surface area contributed by atoms with E-state index >= 15 is 0 Å². The maximum absolute atomic E-state index is 5.27. The SMILES string of the molecule is COc1ccc(-c2nnc3c4ccccc4c(NCC(C)(C)CN(C)C)nn23)cc1. The first-order valence-corrected chi connectivity index (χ1v) is 10.1. The Balaban J connectivity index is 1.79. The van der Waals surface area contributed by atoms with Crippen molar-refractivity contribution in [1.82, 2.24) is 24.7 Å². The number of aromatic nitrogens is 4. The number of fused-ring (bicyclic) bond motifs is 3. The molecule has 2 aromatic carbocycles. The molecule has 2 aromatic heterocycles. The Kier molecular flexibility index (Phi) is 5.30. The van der Waals surface area contributed by atoms with E-state index in [2.05, 4.69) is 60.5 Å². The predicted octanol–water partition coefficient (Wildman–Crippen LogP) is 3.95. The molecule has 156 valence electrons. The first-order valence-electron chi connectivity index (χ1n) is 10.1. The van der Waals surface area contributed by atoms with Crippen LogP contribution in [0.5, 0.6) is 5.75 Å². The van der Waals surface area contributed by atoms with Crippen LogP contribution in [0.4, 0.5) is 5.82 Å². The zero-order chi connectivity index (χ0) is 21.3. The van der Waals surface area contributed by atoms with Crippen molar-refractivity contribution in [3.63, 3.8) is 0 Å². The van der Waals surface area contributed by atoms with Crippen molar-refractivity contribution in [3.05, 3.63) is 48.5 Å². The van der Waals surface area contributed by atoms with Gasteiger partial charge in [0.25, 0.3) is 0 Å². The monoisotopic (exact) mass is 404 g/mol. The normalized spacial score (nSPS) is 12.1. The second-order valence-electron chi connectivity index (χ2n) is 8.64. The highest BCUT2D eigenvalue weighted by Gasteiger charge is 2.21. The minimum atomic E-state index is 0.0905. The van der Waals surface area contributed by atoms with Crippen molar-refractivity contribution in [3.8, 4) is 17.1 Å². The minimum Gasteiger partial charge on any atom is -0.497 e. The average Bonchev–Trinajstić information content (AvgIpc) is 3.15. The largest absolute Gasteiger partial charge is 0.497 e. The van der Waals surface area contributed by atoms with Crippen LogP contribution < -0.4 is 10.1 Å². The molecule has 0 aliphatic carbocycles. The van der Waals surface area contributed by atoms with Gasteiger partial charge in [-0.15, -0.1) is 15.3 Å². The summed E-state index contributed by atoms with van der Waals surface area (Å²) in [5.74, 6) is 2.34. The van der Waals surface area contributed by atoms with Gasteiger partial charge in [-0.3, -0.25) is 0 Å². The Morgan fingerprint density at radius 3 is 2.37 bits per heavy atom. The minimum absolute atomic E-state index is 0.0905. The summed E-state index contributed by atoms with van der Waals surface area (Å²) in [4.78, 5) is 2.21. The molecule has 0 aliphatic rings. The Bertz CT molecular complexity index is 1160. The molecule has 0 saturated carbocycles. The first-order chi connectivity index (χ1) is 14.4. The molecule has 30 heavy (non-hydrogen) atoms. The summed E-state index contributed by atoms with van der Waals surface area (Å²) in [6, 6.07) is 16.0. The molecular formula is C23H28N6O. The standard InChI is InChI=1S/C23H28N6O/c1-23(2,15-28(3)4)14-24-20-18-8-6-7-9-19(18)22-26-25-21(29(22)27-20)16-10-12-17(30-5)13-11-16/h6-13H,14-15H2,1-5H3,(H,24,27). The van der Waals surface area contributed by atoms with Gasteiger partial charge in [0.1, 0.15) is 5.75 Å². The van der Waals surface area contributed by atoms with Gasteiger partial charge in [-0.25, -0.2) is 0 Å². The molecule has 0 unspecified atom stereocenters.